The molecule has 2 N–H and O–H groups in total. The third-order valence-corrected chi connectivity index (χ3v) is 5.77. The van der Waals surface area contributed by atoms with Crippen LogP contribution in [0.25, 0.3) is 0 Å². The lowest BCUT2D eigenvalue weighted by molar-refractivity contribution is -0.113. The molecule has 3 nitrogen and oxygen atoms in total. The molecule has 0 aromatic heterocycles. The van der Waals surface area contributed by atoms with E-state index in [9.17, 15) is 4.79 Å². The molecule has 1 fully saturated rings. The van der Waals surface area contributed by atoms with Crippen molar-refractivity contribution >= 4 is 29.0 Å². The Hall–Kier alpha value is -1.16. The number of benzene rings is 1. The average molecular weight is 304 g/mol. The molecule has 0 atom stereocenters. The molecule has 1 heterocycles. The topological polar surface area (TPSA) is 41.1 Å². The van der Waals surface area contributed by atoms with Crippen molar-refractivity contribution in [3.63, 3.8) is 0 Å². The van der Waals surface area contributed by atoms with Gasteiger partial charge < -0.3 is 10.6 Å². The molecule has 114 valence electrons. The molecule has 1 aliphatic heterocycles. The van der Waals surface area contributed by atoms with Gasteiger partial charge in [0.25, 0.3) is 0 Å². The standard InChI is InChI=1S/C17H24N2OS/c1-11(2)12-3-5-13(6-4-12)18-14-7-8-16-15(9-14)19-17(20)10-21-16/h7-9,11-13,18H,3-6,10H2,1-2H3,(H,19,20). The van der Waals surface area contributed by atoms with Gasteiger partial charge in [0, 0.05) is 16.6 Å². The third kappa shape index (κ3) is 3.54. The predicted octanol–water partition coefficient (Wildman–Crippen LogP) is 4.36. The maximum atomic E-state index is 11.5. The minimum Gasteiger partial charge on any atom is -0.382 e. The fourth-order valence-electron chi connectivity index (χ4n) is 3.34. The maximum absolute atomic E-state index is 11.5. The second kappa shape index (κ2) is 6.30. The molecule has 0 unspecified atom stereocenters. The number of hydrogen-bond donors (Lipinski definition) is 2. The van der Waals surface area contributed by atoms with Crippen molar-refractivity contribution in [2.45, 2.75) is 50.5 Å². The lowest BCUT2D eigenvalue weighted by Crippen LogP contribution is -2.28. The number of carbonyl (C=O) groups is 1. The molecule has 0 saturated heterocycles. The largest absolute Gasteiger partial charge is 0.382 e. The zero-order valence-corrected chi connectivity index (χ0v) is 13.6. The van der Waals surface area contributed by atoms with Gasteiger partial charge in [0.2, 0.25) is 5.91 Å². The van der Waals surface area contributed by atoms with E-state index in [0.717, 1.165) is 23.2 Å². The van der Waals surface area contributed by atoms with E-state index >= 15 is 0 Å². The summed E-state index contributed by atoms with van der Waals surface area (Å²) < 4.78 is 0. The maximum Gasteiger partial charge on any atom is 0.234 e. The smallest absolute Gasteiger partial charge is 0.234 e. The highest BCUT2D eigenvalue weighted by molar-refractivity contribution is 8.00. The molecule has 3 rings (SSSR count). The lowest BCUT2D eigenvalue weighted by Gasteiger charge is -2.32. The van der Waals surface area contributed by atoms with Crippen molar-refractivity contribution in [1.29, 1.82) is 0 Å². The molecule has 1 saturated carbocycles. The van der Waals surface area contributed by atoms with Crippen LogP contribution in [0.3, 0.4) is 0 Å². The molecule has 0 spiro atoms. The Morgan fingerprint density at radius 2 is 2.00 bits per heavy atom. The van der Waals surface area contributed by atoms with E-state index in [2.05, 4.69) is 42.7 Å². The van der Waals surface area contributed by atoms with Crippen LogP contribution in [0.15, 0.2) is 23.1 Å². The number of thioether (sulfide) groups is 1. The summed E-state index contributed by atoms with van der Waals surface area (Å²) >= 11 is 1.62. The predicted molar refractivity (Wildman–Crippen MR) is 90.0 cm³/mol. The zero-order valence-electron chi connectivity index (χ0n) is 12.8. The molecular weight excluding hydrogens is 280 g/mol. The van der Waals surface area contributed by atoms with Gasteiger partial charge >= 0.3 is 0 Å². The highest BCUT2D eigenvalue weighted by Gasteiger charge is 2.23. The quantitative estimate of drug-likeness (QED) is 0.872. The van der Waals surface area contributed by atoms with E-state index < -0.39 is 0 Å². The Morgan fingerprint density at radius 1 is 1.24 bits per heavy atom. The van der Waals surface area contributed by atoms with Crippen LogP contribution in [0.1, 0.15) is 39.5 Å². The molecule has 1 amide bonds. The Kier molecular flexibility index (Phi) is 4.43. The van der Waals surface area contributed by atoms with E-state index in [1.807, 2.05) is 0 Å². The van der Waals surface area contributed by atoms with E-state index in [1.165, 1.54) is 30.6 Å². The van der Waals surface area contributed by atoms with E-state index in [0.29, 0.717) is 11.8 Å². The molecule has 0 radical (unpaired) electrons. The summed E-state index contributed by atoms with van der Waals surface area (Å²) in [6.45, 7) is 4.67. The molecular formula is C17H24N2OS. The van der Waals surface area contributed by atoms with Gasteiger partial charge in [-0.05, 0) is 55.7 Å². The molecule has 1 aliphatic carbocycles. The first kappa shape index (κ1) is 14.8. The Bertz CT molecular complexity index is 522. The number of carbonyl (C=O) groups excluding carboxylic acids is 1. The van der Waals surface area contributed by atoms with Crippen LogP contribution in [-0.4, -0.2) is 17.7 Å². The Morgan fingerprint density at radius 3 is 2.71 bits per heavy atom. The van der Waals surface area contributed by atoms with Gasteiger partial charge in [-0.25, -0.2) is 0 Å². The van der Waals surface area contributed by atoms with E-state index in [-0.39, 0.29) is 5.91 Å². The van der Waals surface area contributed by atoms with Crippen LogP contribution >= 0.6 is 11.8 Å². The molecule has 1 aromatic carbocycles. The van der Waals surface area contributed by atoms with E-state index in [1.54, 1.807) is 11.8 Å². The highest BCUT2D eigenvalue weighted by Crippen LogP contribution is 2.35. The highest BCUT2D eigenvalue weighted by atomic mass is 32.2. The van der Waals surface area contributed by atoms with Gasteiger partial charge in [0.1, 0.15) is 0 Å². The second-order valence-corrected chi connectivity index (χ2v) is 7.57. The van der Waals surface area contributed by atoms with Crippen LogP contribution in [0.2, 0.25) is 0 Å². The Labute approximate surface area is 131 Å². The normalized spacial score (nSPS) is 25.4. The van der Waals surface area contributed by atoms with Crippen molar-refractivity contribution in [2.75, 3.05) is 16.4 Å². The number of hydrogen-bond acceptors (Lipinski definition) is 3. The minimum atomic E-state index is 0.0992. The number of fused-ring (bicyclic) bond motifs is 1. The van der Waals surface area contributed by atoms with Crippen molar-refractivity contribution in [2.24, 2.45) is 11.8 Å². The summed E-state index contributed by atoms with van der Waals surface area (Å²) in [7, 11) is 0. The molecule has 1 aromatic rings. The first-order chi connectivity index (χ1) is 10.1. The van der Waals surface area contributed by atoms with Gasteiger partial charge in [-0.3, -0.25) is 4.79 Å². The summed E-state index contributed by atoms with van der Waals surface area (Å²) in [6, 6.07) is 6.90. The van der Waals surface area contributed by atoms with Crippen molar-refractivity contribution in [3.8, 4) is 0 Å². The molecule has 0 bridgehead atoms. The molecule has 4 heteroatoms. The number of rotatable bonds is 3. The summed E-state index contributed by atoms with van der Waals surface area (Å²) in [5.74, 6) is 2.32. The first-order valence-electron chi connectivity index (χ1n) is 7.95. The van der Waals surface area contributed by atoms with Crippen molar-refractivity contribution in [3.05, 3.63) is 18.2 Å². The first-order valence-corrected chi connectivity index (χ1v) is 8.93. The second-order valence-electron chi connectivity index (χ2n) is 6.55. The van der Waals surface area contributed by atoms with E-state index in [4.69, 9.17) is 0 Å². The minimum absolute atomic E-state index is 0.0992. The van der Waals surface area contributed by atoms with Crippen LogP contribution < -0.4 is 10.6 Å². The fraction of sp³-hybridized carbons (Fsp3) is 0.588. The molecule has 21 heavy (non-hydrogen) atoms. The summed E-state index contributed by atoms with van der Waals surface area (Å²) in [4.78, 5) is 12.6. The zero-order chi connectivity index (χ0) is 14.8. The fourth-order valence-corrected chi connectivity index (χ4v) is 4.13. The third-order valence-electron chi connectivity index (χ3n) is 4.70. The van der Waals surface area contributed by atoms with Crippen LogP contribution in [0.4, 0.5) is 11.4 Å². The SMILES string of the molecule is CC(C)C1CCC(Nc2ccc3c(c2)NC(=O)CS3)CC1. The summed E-state index contributed by atoms with van der Waals surface area (Å²) in [6.07, 6.45) is 5.15. The monoisotopic (exact) mass is 304 g/mol. The van der Waals surface area contributed by atoms with Gasteiger partial charge in [-0.15, -0.1) is 11.8 Å². The van der Waals surface area contributed by atoms with Crippen LogP contribution in [-0.2, 0) is 4.79 Å². The van der Waals surface area contributed by atoms with Crippen LogP contribution in [0.5, 0.6) is 0 Å². The summed E-state index contributed by atoms with van der Waals surface area (Å²) in [5.41, 5.74) is 2.08. The van der Waals surface area contributed by atoms with Crippen molar-refractivity contribution < 1.29 is 4.79 Å². The lowest BCUT2D eigenvalue weighted by atomic mass is 9.79. The van der Waals surface area contributed by atoms with Gasteiger partial charge in [0.05, 0.1) is 11.4 Å². The summed E-state index contributed by atoms with van der Waals surface area (Å²) in [5, 5.41) is 6.60. The number of amides is 1. The average Bonchev–Trinajstić information content (AvgIpc) is 2.47. The molecule has 2 aliphatic rings. The number of anilines is 2. The Balaban J connectivity index is 1.61. The van der Waals surface area contributed by atoms with Gasteiger partial charge in [-0.2, -0.15) is 0 Å². The van der Waals surface area contributed by atoms with Gasteiger partial charge in [0.15, 0.2) is 0 Å². The van der Waals surface area contributed by atoms with Crippen molar-refractivity contribution in [1.82, 2.24) is 0 Å². The van der Waals surface area contributed by atoms with Crippen LogP contribution in [0, 0.1) is 11.8 Å². The number of nitrogens with one attached hydrogen (secondary N) is 2. The van der Waals surface area contributed by atoms with Gasteiger partial charge in [-0.1, -0.05) is 13.8 Å².